The highest BCUT2D eigenvalue weighted by molar-refractivity contribution is 5.96. The SMILES string of the molecule is CCn1cc(N)c(C(=O)NCc2cccc(CO)c2)n1. The van der Waals surface area contributed by atoms with E-state index in [0.717, 1.165) is 11.1 Å². The second kappa shape index (κ2) is 6.21. The molecular weight excluding hydrogens is 256 g/mol. The number of aliphatic hydroxyl groups is 1. The number of aliphatic hydroxyl groups excluding tert-OH is 1. The van der Waals surface area contributed by atoms with E-state index < -0.39 is 0 Å². The third-order valence-corrected chi connectivity index (χ3v) is 2.96. The van der Waals surface area contributed by atoms with Crippen LogP contribution in [0.3, 0.4) is 0 Å². The average molecular weight is 274 g/mol. The summed E-state index contributed by atoms with van der Waals surface area (Å²) in [5.41, 5.74) is 8.09. The van der Waals surface area contributed by atoms with E-state index in [-0.39, 0.29) is 18.2 Å². The molecule has 6 heteroatoms. The Morgan fingerprint density at radius 1 is 1.45 bits per heavy atom. The third kappa shape index (κ3) is 3.16. The summed E-state index contributed by atoms with van der Waals surface area (Å²) >= 11 is 0. The van der Waals surface area contributed by atoms with Gasteiger partial charge < -0.3 is 16.2 Å². The van der Waals surface area contributed by atoms with Crippen LogP contribution in [0.2, 0.25) is 0 Å². The first kappa shape index (κ1) is 14.1. The summed E-state index contributed by atoms with van der Waals surface area (Å²) in [5.74, 6) is -0.302. The van der Waals surface area contributed by atoms with Crippen molar-refractivity contribution in [3.05, 3.63) is 47.3 Å². The van der Waals surface area contributed by atoms with Crippen molar-refractivity contribution in [2.75, 3.05) is 5.73 Å². The Balaban J connectivity index is 2.02. The van der Waals surface area contributed by atoms with Crippen LogP contribution in [0.1, 0.15) is 28.5 Å². The number of nitrogens with one attached hydrogen (secondary N) is 1. The molecule has 0 saturated heterocycles. The highest BCUT2D eigenvalue weighted by atomic mass is 16.3. The summed E-state index contributed by atoms with van der Waals surface area (Å²) in [6.07, 6.45) is 1.64. The molecule has 1 amide bonds. The standard InChI is InChI=1S/C14H18N4O2/c1-2-18-8-12(15)13(17-18)14(20)16-7-10-4-3-5-11(6-10)9-19/h3-6,8,19H,2,7,9,15H2,1H3,(H,16,20). The Hall–Kier alpha value is -2.34. The number of aromatic nitrogens is 2. The van der Waals surface area contributed by atoms with Crippen molar-refractivity contribution < 1.29 is 9.90 Å². The monoisotopic (exact) mass is 274 g/mol. The molecule has 2 rings (SSSR count). The Morgan fingerprint density at radius 3 is 2.85 bits per heavy atom. The molecule has 0 fully saturated rings. The fourth-order valence-electron chi connectivity index (χ4n) is 1.88. The molecule has 1 heterocycles. The fraction of sp³-hybridized carbons (Fsp3) is 0.286. The maximum atomic E-state index is 12.0. The second-order valence-corrected chi connectivity index (χ2v) is 4.45. The zero-order valence-electron chi connectivity index (χ0n) is 11.3. The topological polar surface area (TPSA) is 93.2 Å². The number of nitrogens with zero attached hydrogens (tertiary/aromatic N) is 2. The van der Waals surface area contributed by atoms with Gasteiger partial charge in [-0.25, -0.2) is 0 Å². The van der Waals surface area contributed by atoms with Crippen LogP contribution < -0.4 is 11.1 Å². The smallest absolute Gasteiger partial charge is 0.274 e. The van der Waals surface area contributed by atoms with Crippen molar-refractivity contribution >= 4 is 11.6 Å². The highest BCUT2D eigenvalue weighted by Gasteiger charge is 2.14. The molecule has 20 heavy (non-hydrogen) atoms. The zero-order chi connectivity index (χ0) is 14.5. The molecule has 0 unspecified atom stereocenters. The van der Waals surface area contributed by atoms with E-state index in [4.69, 9.17) is 10.8 Å². The molecule has 1 aromatic heterocycles. The van der Waals surface area contributed by atoms with Crippen LogP contribution >= 0.6 is 0 Å². The number of carbonyl (C=O) groups excluding carboxylic acids is 1. The van der Waals surface area contributed by atoms with Gasteiger partial charge in [0.1, 0.15) is 0 Å². The first-order valence-electron chi connectivity index (χ1n) is 6.43. The highest BCUT2D eigenvalue weighted by Crippen LogP contribution is 2.10. The molecule has 4 N–H and O–H groups in total. The quantitative estimate of drug-likeness (QED) is 0.755. The lowest BCUT2D eigenvalue weighted by atomic mass is 10.1. The van der Waals surface area contributed by atoms with Crippen molar-refractivity contribution in [3.8, 4) is 0 Å². The molecule has 0 radical (unpaired) electrons. The summed E-state index contributed by atoms with van der Waals surface area (Å²) in [4.78, 5) is 12.0. The molecule has 106 valence electrons. The van der Waals surface area contributed by atoms with Gasteiger partial charge in [-0.2, -0.15) is 5.10 Å². The van der Waals surface area contributed by atoms with E-state index in [9.17, 15) is 4.79 Å². The normalized spacial score (nSPS) is 10.5. The first-order valence-corrected chi connectivity index (χ1v) is 6.43. The van der Waals surface area contributed by atoms with Gasteiger partial charge in [-0.3, -0.25) is 9.48 Å². The number of nitrogen functional groups attached to an aromatic ring is 1. The lowest BCUT2D eigenvalue weighted by Crippen LogP contribution is -2.24. The van der Waals surface area contributed by atoms with Crippen LogP contribution in [0.5, 0.6) is 0 Å². The van der Waals surface area contributed by atoms with Gasteiger partial charge in [0.2, 0.25) is 0 Å². The average Bonchev–Trinajstić information content (AvgIpc) is 2.86. The lowest BCUT2D eigenvalue weighted by Gasteiger charge is -2.05. The van der Waals surface area contributed by atoms with Crippen molar-refractivity contribution in [1.82, 2.24) is 15.1 Å². The summed E-state index contributed by atoms with van der Waals surface area (Å²) in [6, 6.07) is 7.39. The summed E-state index contributed by atoms with van der Waals surface area (Å²) in [7, 11) is 0. The zero-order valence-corrected chi connectivity index (χ0v) is 11.3. The van der Waals surface area contributed by atoms with Gasteiger partial charge in [-0.15, -0.1) is 0 Å². The first-order chi connectivity index (χ1) is 9.63. The van der Waals surface area contributed by atoms with E-state index in [1.807, 2.05) is 31.2 Å². The van der Waals surface area contributed by atoms with Gasteiger partial charge >= 0.3 is 0 Å². The van der Waals surface area contributed by atoms with Crippen molar-refractivity contribution in [2.45, 2.75) is 26.6 Å². The number of aryl methyl sites for hydroxylation is 1. The van der Waals surface area contributed by atoms with Crippen LogP contribution in [-0.4, -0.2) is 20.8 Å². The van der Waals surface area contributed by atoms with Crippen LogP contribution in [0.15, 0.2) is 30.5 Å². The number of hydrogen-bond acceptors (Lipinski definition) is 4. The molecule has 0 aliphatic carbocycles. The number of hydrogen-bond donors (Lipinski definition) is 3. The van der Waals surface area contributed by atoms with Crippen molar-refractivity contribution in [2.24, 2.45) is 0 Å². The number of carbonyl (C=O) groups is 1. The summed E-state index contributed by atoms with van der Waals surface area (Å²) < 4.78 is 1.62. The van der Waals surface area contributed by atoms with E-state index in [0.29, 0.717) is 18.8 Å². The summed E-state index contributed by atoms with van der Waals surface area (Å²) in [5, 5.41) is 15.9. The number of amides is 1. The van der Waals surface area contributed by atoms with Crippen LogP contribution in [-0.2, 0) is 19.7 Å². The molecule has 0 spiro atoms. The second-order valence-electron chi connectivity index (χ2n) is 4.45. The van der Waals surface area contributed by atoms with E-state index in [2.05, 4.69) is 10.4 Å². The number of rotatable bonds is 5. The molecule has 0 saturated carbocycles. The number of nitrogens with two attached hydrogens (primary N) is 1. The predicted octanol–water partition coefficient (Wildman–Crippen LogP) is 0.907. The minimum Gasteiger partial charge on any atom is -0.396 e. The minimum atomic E-state index is -0.302. The number of benzene rings is 1. The Kier molecular flexibility index (Phi) is 4.37. The molecule has 0 aliphatic rings. The molecular formula is C14H18N4O2. The Labute approximate surface area is 117 Å². The fourth-order valence-corrected chi connectivity index (χ4v) is 1.88. The molecule has 2 aromatic rings. The van der Waals surface area contributed by atoms with Gasteiger partial charge in [0.15, 0.2) is 5.69 Å². The maximum absolute atomic E-state index is 12.0. The minimum absolute atomic E-state index is 0.0182. The van der Waals surface area contributed by atoms with Crippen LogP contribution in [0.4, 0.5) is 5.69 Å². The predicted molar refractivity (Wildman–Crippen MR) is 75.8 cm³/mol. The molecule has 1 aromatic carbocycles. The van der Waals surface area contributed by atoms with E-state index in [1.165, 1.54) is 0 Å². The Bertz CT molecular complexity index is 607. The molecule has 0 aliphatic heterocycles. The van der Waals surface area contributed by atoms with Gasteiger partial charge in [0, 0.05) is 19.3 Å². The van der Waals surface area contributed by atoms with Crippen molar-refractivity contribution in [1.29, 1.82) is 0 Å². The van der Waals surface area contributed by atoms with Gasteiger partial charge in [0.05, 0.1) is 12.3 Å². The van der Waals surface area contributed by atoms with Gasteiger partial charge in [0.25, 0.3) is 5.91 Å². The Morgan fingerprint density at radius 2 is 2.20 bits per heavy atom. The van der Waals surface area contributed by atoms with Gasteiger partial charge in [-0.1, -0.05) is 24.3 Å². The largest absolute Gasteiger partial charge is 0.396 e. The molecule has 0 atom stereocenters. The van der Waals surface area contributed by atoms with Crippen molar-refractivity contribution in [3.63, 3.8) is 0 Å². The summed E-state index contributed by atoms with van der Waals surface area (Å²) in [6.45, 7) is 2.94. The van der Waals surface area contributed by atoms with Crippen LogP contribution in [0, 0.1) is 0 Å². The molecule has 0 bridgehead atoms. The van der Waals surface area contributed by atoms with Crippen LogP contribution in [0.25, 0.3) is 0 Å². The lowest BCUT2D eigenvalue weighted by molar-refractivity contribution is 0.0946. The number of anilines is 1. The third-order valence-electron chi connectivity index (χ3n) is 2.96. The molecule has 6 nitrogen and oxygen atoms in total. The van der Waals surface area contributed by atoms with E-state index >= 15 is 0 Å². The van der Waals surface area contributed by atoms with E-state index in [1.54, 1.807) is 10.9 Å². The maximum Gasteiger partial charge on any atom is 0.274 e. The van der Waals surface area contributed by atoms with Gasteiger partial charge in [-0.05, 0) is 18.1 Å².